The molecule has 0 aliphatic heterocycles. The van der Waals surface area contributed by atoms with Crippen LogP contribution in [0.25, 0.3) is 0 Å². The van der Waals surface area contributed by atoms with Crippen molar-refractivity contribution in [1.82, 2.24) is 0 Å². The molecule has 0 rings (SSSR count). The van der Waals surface area contributed by atoms with Gasteiger partial charge in [0, 0.05) is 23.7 Å². The minimum atomic E-state index is -1.26. The summed E-state index contributed by atoms with van der Waals surface area (Å²) in [4.78, 5) is 19.4. The molecule has 0 aliphatic rings. The largest absolute Gasteiger partial charge is 0.478 e. The first kappa shape index (κ1) is 11.3. The first-order chi connectivity index (χ1) is 3.63. The Balaban J connectivity index is 0. The standard InChI is InChI=1S/C4H5O4.Co/c1-3(5)8-2-4(6)7;/h2H,1H3,(H,6,7);. The maximum absolute atomic E-state index is 9.83. The summed E-state index contributed by atoms with van der Waals surface area (Å²) in [6, 6.07) is 0. The molecule has 0 unspecified atom stereocenters. The van der Waals surface area contributed by atoms with Crippen LogP contribution in [0.3, 0.4) is 0 Å². The van der Waals surface area contributed by atoms with Gasteiger partial charge in [-0.15, -0.1) is 0 Å². The molecule has 4 nitrogen and oxygen atoms in total. The van der Waals surface area contributed by atoms with E-state index in [1.54, 1.807) is 0 Å². The van der Waals surface area contributed by atoms with E-state index in [-0.39, 0.29) is 16.8 Å². The smallest absolute Gasteiger partial charge is 0.349 e. The van der Waals surface area contributed by atoms with E-state index in [4.69, 9.17) is 5.11 Å². The van der Waals surface area contributed by atoms with Crippen molar-refractivity contribution in [3.05, 3.63) is 6.61 Å². The molecule has 0 fully saturated rings. The zero-order chi connectivity index (χ0) is 6.57. The number of carbonyl (C=O) groups is 2. The Morgan fingerprint density at radius 2 is 2.00 bits per heavy atom. The summed E-state index contributed by atoms with van der Waals surface area (Å²) < 4.78 is 3.94. The fourth-order valence-electron chi connectivity index (χ4n) is 0.133. The van der Waals surface area contributed by atoms with Gasteiger partial charge in [0.2, 0.25) is 6.61 Å². The number of hydrogen-bond donors (Lipinski definition) is 1. The predicted molar refractivity (Wildman–Crippen MR) is 23.7 cm³/mol. The Morgan fingerprint density at radius 1 is 1.56 bits per heavy atom. The molecule has 0 aromatic carbocycles. The first-order valence-electron chi connectivity index (χ1n) is 1.86. The Kier molecular flexibility index (Phi) is 6.99. The third kappa shape index (κ3) is 11.2. The van der Waals surface area contributed by atoms with Crippen LogP contribution in [0.5, 0.6) is 0 Å². The molecule has 5 heteroatoms. The second kappa shape index (κ2) is 5.58. The van der Waals surface area contributed by atoms with E-state index in [1.165, 1.54) is 0 Å². The van der Waals surface area contributed by atoms with Crippen molar-refractivity contribution in [2.24, 2.45) is 0 Å². The van der Waals surface area contributed by atoms with E-state index in [0.29, 0.717) is 6.61 Å². The van der Waals surface area contributed by atoms with Crippen molar-refractivity contribution in [3.8, 4) is 0 Å². The van der Waals surface area contributed by atoms with E-state index in [1.807, 2.05) is 0 Å². The summed E-state index contributed by atoms with van der Waals surface area (Å²) in [5.41, 5.74) is 0. The van der Waals surface area contributed by atoms with Crippen LogP contribution in [0.15, 0.2) is 0 Å². The second-order valence-electron chi connectivity index (χ2n) is 1.07. The molecule has 9 heavy (non-hydrogen) atoms. The molecule has 0 bridgehead atoms. The number of ether oxygens (including phenoxy) is 1. The van der Waals surface area contributed by atoms with E-state index in [0.717, 1.165) is 6.92 Å². The van der Waals surface area contributed by atoms with E-state index < -0.39 is 11.9 Å². The third-order valence-corrected chi connectivity index (χ3v) is 0.326. The molecule has 0 amide bonds. The zero-order valence-corrected chi connectivity index (χ0v) is 5.62. The molecule has 0 aromatic heterocycles. The van der Waals surface area contributed by atoms with E-state index in [9.17, 15) is 9.59 Å². The van der Waals surface area contributed by atoms with Crippen LogP contribution in [0.2, 0.25) is 0 Å². The monoisotopic (exact) mass is 176 g/mol. The fourth-order valence-corrected chi connectivity index (χ4v) is 0.133. The third-order valence-electron chi connectivity index (χ3n) is 0.326. The topological polar surface area (TPSA) is 63.6 Å². The minimum Gasteiger partial charge on any atom is -0.478 e. The fraction of sp³-hybridized carbons (Fsp3) is 0.250. The van der Waals surface area contributed by atoms with Gasteiger partial charge in [0.1, 0.15) is 0 Å². The molecule has 1 N–H and O–H groups in total. The average molecular weight is 176 g/mol. The van der Waals surface area contributed by atoms with Crippen molar-refractivity contribution >= 4 is 11.9 Å². The summed E-state index contributed by atoms with van der Waals surface area (Å²) in [5, 5.41) is 7.83. The normalized spacial score (nSPS) is 7.22. The molecule has 0 spiro atoms. The SMILES string of the molecule is CC(=O)O[CH]C(=O)O.[Co]. The molecular weight excluding hydrogens is 171 g/mol. The zero-order valence-electron chi connectivity index (χ0n) is 4.58. The van der Waals surface area contributed by atoms with Gasteiger partial charge in [-0.25, -0.2) is 4.79 Å². The van der Waals surface area contributed by atoms with Crippen LogP contribution >= 0.6 is 0 Å². The molecular formula is C4H5CoO4. The van der Waals surface area contributed by atoms with Crippen LogP contribution in [0, 0.1) is 6.61 Å². The minimum absolute atomic E-state index is 0. The number of rotatable bonds is 2. The summed E-state index contributed by atoms with van der Waals surface area (Å²) in [6.45, 7) is 1.56. The van der Waals surface area contributed by atoms with Crippen molar-refractivity contribution in [2.75, 3.05) is 0 Å². The number of hydrogen-bond acceptors (Lipinski definition) is 3. The Morgan fingerprint density at radius 3 is 2.11 bits per heavy atom. The first-order valence-corrected chi connectivity index (χ1v) is 1.86. The maximum Gasteiger partial charge on any atom is 0.349 e. The van der Waals surface area contributed by atoms with Crippen LogP contribution in [0.4, 0.5) is 0 Å². The molecule has 0 atom stereocenters. The molecule has 0 saturated heterocycles. The van der Waals surface area contributed by atoms with Gasteiger partial charge in [0.25, 0.3) is 0 Å². The van der Waals surface area contributed by atoms with Gasteiger partial charge >= 0.3 is 11.9 Å². The molecule has 0 saturated carbocycles. The summed E-state index contributed by atoms with van der Waals surface area (Å²) in [6.07, 6.45) is 0. The second-order valence-corrected chi connectivity index (χ2v) is 1.07. The number of carboxylic acid groups (broad SMARTS) is 1. The van der Waals surface area contributed by atoms with Gasteiger partial charge in [0.15, 0.2) is 0 Å². The number of carboxylic acids is 1. The van der Waals surface area contributed by atoms with Gasteiger partial charge < -0.3 is 9.84 Å². The summed E-state index contributed by atoms with van der Waals surface area (Å²) >= 11 is 0. The Bertz CT molecular complexity index is 97.1. The maximum atomic E-state index is 9.83. The quantitative estimate of drug-likeness (QED) is 0.591. The van der Waals surface area contributed by atoms with Gasteiger partial charge in [-0.1, -0.05) is 0 Å². The number of esters is 1. The van der Waals surface area contributed by atoms with Crippen molar-refractivity contribution < 1.29 is 36.2 Å². The van der Waals surface area contributed by atoms with E-state index >= 15 is 0 Å². The Labute approximate surface area is 62.4 Å². The van der Waals surface area contributed by atoms with Gasteiger partial charge in [-0.2, -0.15) is 0 Å². The predicted octanol–water partition coefficient (Wildman–Crippen LogP) is -0.207. The van der Waals surface area contributed by atoms with Crippen molar-refractivity contribution in [2.45, 2.75) is 6.92 Å². The van der Waals surface area contributed by atoms with Crippen molar-refractivity contribution in [1.29, 1.82) is 0 Å². The van der Waals surface area contributed by atoms with E-state index in [2.05, 4.69) is 4.74 Å². The molecule has 0 aliphatic carbocycles. The average Bonchev–Trinajstić information content (AvgIpc) is 1.61. The van der Waals surface area contributed by atoms with Crippen LogP contribution < -0.4 is 0 Å². The van der Waals surface area contributed by atoms with Crippen LogP contribution in [-0.4, -0.2) is 17.0 Å². The van der Waals surface area contributed by atoms with Gasteiger partial charge in [-0.05, 0) is 0 Å². The summed E-state index contributed by atoms with van der Waals surface area (Å²) in [5.74, 6) is -1.90. The number of carbonyl (C=O) groups excluding carboxylic acids is 1. The molecule has 0 heterocycles. The summed E-state index contributed by atoms with van der Waals surface area (Å²) in [7, 11) is 0. The molecule has 2 radical (unpaired) electrons. The van der Waals surface area contributed by atoms with Gasteiger partial charge in [-0.3, -0.25) is 4.79 Å². The Hall–Kier alpha value is -0.554. The van der Waals surface area contributed by atoms with Crippen molar-refractivity contribution in [3.63, 3.8) is 0 Å². The van der Waals surface area contributed by atoms with Crippen LogP contribution in [-0.2, 0) is 31.1 Å². The van der Waals surface area contributed by atoms with Gasteiger partial charge in [0.05, 0.1) is 0 Å². The molecule has 0 aromatic rings. The van der Waals surface area contributed by atoms with Crippen LogP contribution in [0.1, 0.15) is 6.92 Å². The molecule has 54 valence electrons. The number of aliphatic carboxylic acids is 1.